The molecular weight excluding hydrogens is 216 g/mol. The Labute approximate surface area is 114 Å². The summed E-state index contributed by atoms with van der Waals surface area (Å²) in [6, 6.07) is 8.99. The highest BCUT2D eigenvalue weighted by Crippen LogP contribution is 2.40. The van der Waals surface area contributed by atoms with E-state index in [1.54, 1.807) is 0 Å². The molecule has 0 spiro atoms. The van der Waals surface area contributed by atoms with Gasteiger partial charge in [0.2, 0.25) is 0 Å². The molecule has 0 aromatic heterocycles. The van der Waals surface area contributed by atoms with Crippen LogP contribution in [0.4, 0.5) is 0 Å². The van der Waals surface area contributed by atoms with E-state index >= 15 is 0 Å². The molecule has 1 unspecified atom stereocenters. The van der Waals surface area contributed by atoms with E-state index in [0.29, 0.717) is 10.8 Å². The minimum absolute atomic E-state index is 0.424. The van der Waals surface area contributed by atoms with E-state index < -0.39 is 0 Å². The molecule has 18 heavy (non-hydrogen) atoms. The first-order chi connectivity index (χ1) is 8.30. The van der Waals surface area contributed by atoms with Crippen LogP contribution in [0.1, 0.15) is 65.0 Å². The molecule has 0 nitrogen and oxygen atoms in total. The van der Waals surface area contributed by atoms with Crippen molar-refractivity contribution in [1.82, 2.24) is 0 Å². The van der Waals surface area contributed by atoms with Crippen LogP contribution < -0.4 is 0 Å². The first-order valence-corrected chi connectivity index (χ1v) is 7.36. The van der Waals surface area contributed by atoms with Gasteiger partial charge in [0.1, 0.15) is 0 Å². The topological polar surface area (TPSA) is 0 Å². The summed E-state index contributed by atoms with van der Waals surface area (Å²) in [6.45, 7) is 14.1. The molecule has 1 rings (SSSR count). The maximum atomic E-state index is 2.45. The van der Waals surface area contributed by atoms with Crippen LogP contribution in [0.3, 0.4) is 0 Å². The lowest BCUT2D eigenvalue weighted by Gasteiger charge is -2.37. The van der Waals surface area contributed by atoms with E-state index in [1.165, 1.54) is 36.8 Å². The molecule has 0 aliphatic rings. The van der Waals surface area contributed by atoms with Gasteiger partial charge in [0, 0.05) is 0 Å². The summed E-state index contributed by atoms with van der Waals surface area (Å²) in [5, 5.41) is 0. The van der Waals surface area contributed by atoms with Crippen molar-refractivity contribution in [1.29, 1.82) is 0 Å². The average Bonchev–Trinajstić information content (AvgIpc) is 2.28. The molecule has 1 aromatic carbocycles. The fourth-order valence-electron chi connectivity index (χ4n) is 2.91. The lowest BCUT2D eigenvalue weighted by Crippen LogP contribution is -2.27. The normalized spacial score (nSPS) is 15.4. The third-order valence-electron chi connectivity index (χ3n) is 4.43. The highest BCUT2D eigenvalue weighted by molar-refractivity contribution is 5.23. The molecule has 0 saturated carbocycles. The predicted octanol–water partition coefficient (Wildman–Crippen LogP) is 5.78. The first-order valence-electron chi connectivity index (χ1n) is 7.36. The van der Waals surface area contributed by atoms with Crippen molar-refractivity contribution in [2.24, 2.45) is 10.8 Å². The van der Waals surface area contributed by atoms with E-state index in [9.17, 15) is 0 Å². The summed E-state index contributed by atoms with van der Waals surface area (Å²) in [7, 11) is 0. The summed E-state index contributed by atoms with van der Waals surface area (Å²) in [4.78, 5) is 0. The lowest BCUT2D eigenvalue weighted by atomic mass is 9.68. The van der Waals surface area contributed by atoms with Crippen molar-refractivity contribution in [2.45, 2.75) is 67.2 Å². The zero-order valence-electron chi connectivity index (χ0n) is 13.1. The molecule has 0 heterocycles. The van der Waals surface area contributed by atoms with Crippen molar-refractivity contribution >= 4 is 0 Å². The molecule has 1 aromatic rings. The zero-order chi connectivity index (χ0) is 13.8. The van der Waals surface area contributed by atoms with Crippen molar-refractivity contribution < 1.29 is 0 Å². The third-order valence-corrected chi connectivity index (χ3v) is 4.43. The molecule has 0 radical (unpaired) electrons. The van der Waals surface area contributed by atoms with Gasteiger partial charge in [-0.05, 0) is 36.2 Å². The van der Waals surface area contributed by atoms with E-state index in [1.807, 2.05) is 0 Å². The summed E-state index contributed by atoms with van der Waals surface area (Å²) < 4.78 is 0. The van der Waals surface area contributed by atoms with Crippen molar-refractivity contribution in [3.8, 4) is 0 Å². The van der Waals surface area contributed by atoms with Gasteiger partial charge >= 0.3 is 0 Å². The van der Waals surface area contributed by atoms with Gasteiger partial charge in [0.25, 0.3) is 0 Å². The van der Waals surface area contributed by atoms with E-state index in [0.717, 1.165) is 0 Å². The maximum absolute atomic E-state index is 2.45. The molecule has 0 N–H and O–H groups in total. The SMILES string of the molecule is CCC(C)(C)CC(C)(CC)Cc1cccc(C)c1. The van der Waals surface area contributed by atoms with Gasteiger partial charge in [0.05, 0.1) is 0 Å². The third kappa shape index (κ3) is 4.48. The molecule has 0 saturated heterocycles. The van der Waals surface area contributed by atoms with Gasteiger partial charge in [-0.1, -0.05) is 77.3 Å². The second kappa shape index (κ2) is 5.91. The number of hydrogen-bond acceptors (Lipinski definition) is 0. The Kier molecular flexibility index (Phi) is 5.01. The summed E-state index contributed by atoms with van der Waals surface area (Å²) >= 11 is 0. The van der Waals surface area contributed by atoms with Crippen LogP contribution >= 0.6 is 0 Å². The Balaban J connectivity index is 2.82. The van der Waals surface area contributed by atoms with Gasteiger partial charge in [-0.2, -0.15) is 0 Å². The second-order valence-corrected chi connectivity index (χ2v) is 7.02. The highest BCUT2D eigenvalue weighted by Gasteiger charge is 2.30. The number of rotatable bonds is 6. The summed E-state index contributed by atoms with van der Waals surface area (Å²) in [5.74, 6) is 0. The quantitative estimate of drug-likeness (QED) is 0.597. The van der Waals surface area contributed by atoms with Gasteiger partial charge < -0.3 is 0 Å². The van der Waals surface area contributed by atoms with Crippen LogP contribution in [0, 0.1) is 17.8 Å². The number of hydrogen-bond donors (Lipinski definition) is 0. The van der Waals surface area contributed by atoms with Gasteiger partial charge in [-0.25, -0.2) is 0 Å². The number of aryl methyl sites for hydroxylation is 1. The highest BCUT2D eigenvalue weighted by atomic mass is 14.3. The molecule has 0 aliphatic carbocycles. The Hall–Kier alpha value is -0.780. The Morgan fingerprint density at radius 3 is 2.17 bits per heavy atom. The molecule has 0 aliphatic heterocycles. The molecule has 102 valence electrons. The Morgan fingerprint density at radius 2 is 1.67 bits per heavy atom. The first kappa shape index (κ1) is 15.3. The zero-order valence-corrected chi connectivity index (χ0v) is 13.1. The Bertz CT molecular complexity index is 375. The minimum Gasteiger partial charge on any atom is -0.0649 e. The van der Waals surface area contributed by atoms with Gasteiger partial charge in [-0.15, -0.1) is 0 Å². The standard InChI is InChI=1S/C18H30/c1-7-17(4,5)14-18(6,8-2)13-16-11-9-10-15(3)12-16/h9-12H,7-8,13-14H2,1-6H3. The van der Waals surface area contributed by atoms with E-state index in [4.69, 9.17) is 0 Å². The molecular formula is C18H30. The van der Waals surface area contributed by atoms with Crippen LogP contribution in [0.2, 0.25) is 0 Å². The van der Waals surface area contributed by atoms with E-state index in [2.05, 4.69) is 65.8 Å². The average molecular weight is 246 g/mol. The van der Waals surface area contributed by atoms with E-state index in [-0.39, 0.29) is 0 Å². The molecule has 0 bridgehead atoms. The summed E-state index contributed by atoms with van der Waals surface area (Å²) in [5.41, 5.74) is 3.74. The van der Waals surface area contributed by atoms with Crippen LogP contribution in [0.25, 0.3) is 0 Å². The smallest absolute Gasteiger partial charge is 0.0224 e. The lowest BCUT2D eigenvalue weighted by molar-refractivity contribution is 0.163. The monoisotopic (exact) mass is 246 g/mol. The molecule has 0 heteroatoms. The Morgan fingerprint density at radius 1 is 1.00 bits per heavy atom. The fourth-order valence-corrected chi connectivity index (χ4v) is 2.91. The molecule has 1 atom stereocenters. The second-order valence-electron chi connectivity index (χ2n) is 7.02. The maximum Gasteiger partial charge on any atom is -0.0224 e. The van der Waals surface area contributed by atoms with Crippen LogP contribution in [-0.2, 0) is 6.42 Å². The van der Waals surface area contributed by atoms with Gasteiger partial charge in [-0.3, -0.25) is 0 Å². The van der Waals surface area contributed by atoms with Crippen LogP contribution in [-0.4, -0.2) is 0 Å². The molecule has 0 fully saturated rings. The molecule has 0 amide bonds. The van der Waals surface area contributed by atoms with Crippen molar-refractivity contribution in [3.05, 3.63) is 35.4 Å². The fraction of sp³-hybridized carbons (Fsp3) is 0.667. The predicted molar refractivity (Wildman–Crippen MR) is 82.0 cm³/mol. The minimum atomic E-state index is 0.424. The van der Waals surface area contributed by atoms with Crippen molar-refractivity contribution in [2.75, 3.05) is 0 Å². The van der Waals surface area contributed by atoms with Crippen LogP contribution in [0.5, 0.6) is 0 Å². The number of benzene rings is 1. The van der Waals surface area contributed by atoms with Gasteiger partial charge in [0.15, 0.2) is 0 Å². The largest absolute Gasteiger partial charge is 0.0649 e. The van der Waals surface area contributed by atoms with Crippen LogP contribution in [0.15, 0.2) is 24.3 Å². The summed E-state index contributed by atoms with van der Waals surface area (Å²) in [6.07, 6.45) is 5.02. The van der Waals surface area contributed by atoms with Crippen molar-refractivity contribution in [3.63, 3.8) is 0 Å².